The highest BCUT2D eigenvalue weighted by Crippen LogP contribution is 2.17. The first-order valence-electron chi connectivity index (χ1n) is 4.30. The van der Waals surface area contributed by atoms with E-state index in [1.165, 1.54) is 19.2 Å². The van der Waals surface area contributed by atoms with Crippen LogP contribution in [0, 0.1) is 5.82 Å². The minimum atomic E-state index is -0.416. The predicted octanol–water partition coefficient (Wildman–Crippen LogP) is 1.26. The van der Waals surface area contributed by atoms with Crippen molar-refractivity contribution in [3.8, 4) is 0 Å². The molecule has 1 aromatic rings. The number of amides is 1. The van der Waals surface area contributed by atoms with Crippen LogP contribution in [0.25, 0.3) is 0 Å². The summed E-state index contributed by atoms with van der Waals surface area (Å²) in [4.78, 5) is 11.4. The summed E-state index contributed by atoms with van der Waals surface area (Å²) in [6.45, 7) is 1.69. The molecule has 76 valence electrons. The zero-order chi connectivity index (χ0) is 10.7. The van der Waals surface area contributed by atoms with E-state index < -0.39 is 5.92 Å². The molecule has 0 saturated carbocycles. The third kappa shape index (κ3) is 2.29. The normalized spacial score (nSPS) is 12.3. The number of hydrogen-bond donors (Lipinski definition) is 1. The average molecular weight is 196 g/mol. The quantitative estimate of drug-likeness (QED) is 0.439. The molecule has 0 radical (unpaired) electrons. The number of rotatable bonds is 2. The Kier molecular flexibility index (Phi) is 3.19. The number of nitrogens with zero attached hydrogens (tertiary/aromatic N) is 1. The van der Waals surface area contributed by atoms with Gasteiger partial charge in [-0.3, -0.25) is 9.80 Å². The first kappa shape index (κ1) is 10.7. The smallest absolute Gasteiger partial charge is 0.243 e. The van der Waals surface area contributed by atoms with Gasteiger partial charge in [0.2, 0.25) is 5.91 Å². The number of carbonyl (C=O) groups excluding carboxylic acids is 1. The Bertz CT molecular complexity index is 339. The third-order valence-corrected chi connectivity index (χ3v) is 2.07. The minimum absolute atomic E-state index is 0.240. The van der Waals surface area contributed by atoms with Crippen molar-refractivity contribution in [2.24, 2.45) is 5.84 Å². The summed E-state index contributed by atoms with van der Waals surface area (Å²) in [5.41, 5.74) is 0.632. The van der Waals surface area contributed by atoms with Crippen LogP contribution in [0.1, 0.15) is 18.4 Å². The van der Waals surface area contributed by atoms with Crippen molar-refractivity contribution in [1.82, 2.24) is 5.01 Å². The number of nitrogens with two attached hydrogens (primary N) is 1. The van der Waals surface area contributed by atoms with Gasteiger partial charge < -0.3 is 0 Å². The first-order valence-corrected chi connectivity index (χ1v) is 4.30. The lowest BCUT2D eigenvalue weighted by atomic mass is 10.0. The van der Waals surface area contributed by atoms with Crippen molar-refractivity contribution >= 4 is 5.91 Å². The Morgan fingerprint density at radius 3 is 2.71 bits per heavy atom. The van der Waals surface area contributed by atoms with Gasteiger partial charge in [-0.15, -0.1) is 0 Å². The van der Waals surface area contributed by atoms with Crippen LogP contribution in [0.2, 0.25) is 0 Å². The molecule has 0 aliphatic carbocycles. The second-order valence-electron chi connectivity index (χ2n) is 3.23. The molecule has 3 nitrogen and oxygen atoms in total. The van der Waals surface area contributed by atoms with E-state index in [9.17, 15) is 9.18 Å². The van der Waals surface area contributed by atoms with Crippen molar-refractivity contribution in [3.63, 3.8) is 0 Å². The highest BCUT2D eigenvalue weighted by molar-refractivity contribution is 5.82. The fourth-order valence-corrected chi connectivity index (χ4v) is 1.22. The van der Waals surface area contributed by atoms with Crippen molar-refractivity contribution in [1.29, 1.82) is 0 Å². The molecule has 0 heterocycles. The van der Waals surface area contributed by atoms with Crippen LogP contribution >= 0.6 is 0 Å². The molecule has 1 amide bonds. The molecule has 0 aromatic heterocycles. The van der Waals surface area contributed by atoms with E-state index in [1.807, 2.05) is 0 Å². The van der Waals surface area contributed by atoms with Gasteiger partial charge in [-0.05, 0) is 24.6 Å². The minimum Gasteiger partial charge on any atom is -0.283 e. The van der Waals surface area contributed by atoms with Crippen LogP contribution in [0.5, 0.6) is 0 Å². The Balaban J connectivity index is 2.89. The van der Waals surface area contributed by atoms with Gasteiger partial charge in [0.25, 0.3) is 0 Å². The van der Waals surface area contributed by atoms with E-state index in [0.717, 1.165) is 5.01 Å². The SMILES string of the molecule is CC(C(=O)N(C)N)c1cccc(F)c1. The molecule has 4 heteroatoms. The van der Waals surface area contributed by atoms with E-state index in [-0.39, 0.29) is 11.7 Å². The predicted molar refractivity (Wildman–Crippen MR) is 51.8 cm³/mol. The molecule has 0 fully saturated rings. The zero-order valence-electron chi connectivity index (χ0n) is 8.20. The lowest BCUT2D eigenvalue weighted by Crippen LogP contribution is -2.36. The maximum atomic E-state index is 12.8. The van der Waals surface area contributed by atoms with Gasteiger partial charge >= 0.3 is 0 Å². The van der Waals surface area contributed by atoms with Gasteiger partial charge in [0.05, 0.1) is 5.92 Å². The first-order chi connectivity index (χ1) is 6.52. The fourth-order valence-electron chi connectivity index (χ4n) is 1.22. The summed E-state index contributed by atoms with van der Waals surface area (Å²) in [5.74, 6) is 4.30. The number of carbonyl (C=O) groups is 1. The molecule has 1 unspecified atom stereocenters. The third-order valence-electron chi connectivity index (χ3n) is 2.07. The van der Waals surface area contributed by atoms with E-state index in [4.69, 9.17) is 5.84 Å². The molecular weight excluding hydrogens is 183 g/mol. The molecule has 0 spiro atoms. The molecule has 0 bridgehead atoms. The Morgan fingerprint density at radius 1 is 1.57 bits per heavy atom. The van der Waals surface area contributed by atoms with Gasteiger partial charge in [-0.1, -0.05) is 12.1 Å². The maximum absolute atomic E-state index is 12.8. The summed E-state index contributed by atoms with van der Waals surface area (Å²) in [6, 6.07) is 5.96. The van der Waals surface area contributed by atoms with Crippen molar-refractivity contribution in [3.05, 3.63) is 35.6 Å². The second kappa shape index (κ2) is 4.19. The lowest BCUT2D eigenvalue weighted by molar-refractivity contribution is -0.131. The summed E-state index contributed by atoms with van der Waals surface area (Å²) < 4.78 is 12.8. The molecule has 1 rings (SSSR count). The number of hydrazine groups is 1. The second-order valence-corrected chi connectivity index (χ2v) is 3.23. The molecule has 0 aliphatic heterocycles. The monoisotopic (exact) mass is 196 g/mol. The van der Waals surface area contributed by atoms with E-state index >= 15 is 0 Å². The van der Waals surface area contributed by atoms with Crippen LogP contribution in [-0.4, -0.2) is 18.0 Å². The van der Waals surface area contributed by atoms with Gasteiger partial charge in [0.1, 0.15) is 5.82 Å². The van der Waals surface area contributed by atoms with Crippen molar-refractivity contribution < 1.29 is 9.18 Å². The van der Waals surface area contributed by atoms with Gasteiger partial charge in [-0.2, -0.15) is 0 Å². The van der Waals surface area contributed by atoms with Crippen LogP contribution < -0.4 is 5.84 Å². The number of hydrogen-bond acceptors (Lipinski definition) is 2. The Labute approximate surface area is 82.3 Å². The molecule has 0 aliphatic rings. The van der Waals surface area contributed by atoms with Gasteiger partial charge in [-0.25, -0.2) is 10.2 Å². The largest absolute Gasteiger partial charge is 0.283 e. The van der Waals surface area contributed by atoms with Crippen LogP contribution in [0.4, 0.5) is 4.39 Å². The zero-order valence-corrected chi connectivity index (χ0v) is 8.20. The number of benzene rings is 1. The summed E-state index contributed by atoms with van der Waals surface area (Å²) in [5, 5.41) is 1.01. The average Bonchev–Trinajstić information content (AvgIpc) is 2.15. The van der Waals surface area contributed by atoms with Gasteiger partial charge in [0.15, 0.2) is 0 Å². The van der Waals surface area contributed by atoms with Crippen molar-refractivity contribution in [2.75, 3.05) is 7.05 Å². The van der Waals surface area contributed by atoms with E-state index in [1.54, 1.807) is 19.1 Å². The van der Waals surface area contributed by atoms with Crippen LogP contribution in [0.3, 0.4) is 0 Å². The van der Waals surface area contributed by atoms with Crippen LogP contribution in [0.15, 0.2) is 24.3 Å². The van der Waals surface area contributed by atoms with Crippen LogP contribution in [-0.2, 0) is 4.79 Å². The molecule has 14 heavy (non-hydrogen) atoms. The fraction of sp³-hybridized carbons (Fsp3) is 0.300. The summed E-state index contributed by atoms with van der Waals surface area (Å²) in [6.07, 6.45) is 0. The summed E-state index contributed by atoms with van der Waals surface area (Å²) >= 11 is 0. The maximum Gasteiger partial charge on any atom is 0.243 e. The highest BCUT2D eigenvalue weighted by atomic mass is 19.1. The molecular formula is C10H13FN2O. The Morgan fingerprint density at radius 2 is 2.21 bits per heavy atom. The van der Waals surface area contributed by atoms with E-state index in [0.29, 0.717) is 5.56 Å². The topological polar surface area (TPSA) is 46.3 Å². The standard InChI is InChI=1S/C10H13FN2O/c1-7(10(14)13(2)12)8-4-3-5-9(11)6-8/h3-7H,12H2,1-2H3. The van der Waals surface area contributed by atoms with Gasteiger partial charge in [0, 0.05) is 7.05 Å². The van der Waals surface area contributed by atoms with Crippen molar-refractivity contribution in [2.45, 2.75) is 12.8 Å². The molecule has 1 aromatic carbocycles. The number of halogens is 1. The lowest BCUT2D eigenvalue weighted by Gasteiger charge is -2.16. The van der Waals surface area contributed by atoms with E-state index in [2.05, 4.69) is 0 Å². The molecule has 0 saturated heterocycles. The number of likely N-dealkylation sites (N-methyl/N-ethyl adjacent to an activating group) is 1. The highest BCUT2D eigenvalue weighted by Gasteiger charge is 2.17. The Hall–Kier alpha value is -1.42. The molecule has 1 atom stereocenters. The summed E-state index contributed by atoms with van der Waals surface area (Å²) in [7, 11) is 1.47. The molecule has 2 N–H and O–H groups in total.